The molecule has 1 heterocycles. The van der Waals surface area contributed by atoms with Crippen LogP contribution in [0.3, 0.4) is 0 Å². The molecule has 0 aliphatic carbocycles. The van der Waals surface area contributed by atoms with Crippen molar-refractivity contribution in [2.45, 2.75) is 237 Å². The van der Waals surface area contributed by atoms with Gasteiger partial charge in [-0.05, 0) is 44.9 Å². The summed E-state index contributed by atoms with van der Waals surface area (Å²) in [4.78, 5) is 25.4. The molecule has 0 saturated carbocycles. The van der Waals surface area contributed by atoms with E-state index in [2.05, 4.69) is 50.3 Å². The topological polar surface area (TPSA) is 152 Å². The third-order valence-electron chi connectivity index (χ3n) is 10.8. The molecule has 0 aromatic rings. The number of aliphatic hydroxyl groups is 4. The van der Waals surface area contributed by atoms with Crippen molar-refractivity contribution in [3.8, 4) is 0 Å². The number of hydrogen-bond donors (Lipinski definition) is 4. The van der Waals surface area contributed by atoms with E-state index < -0.39 is 49.4 Å². The standard InChI is InChI=1S/C48H86O10/c1-3-5-7-9-11-13-15-17-19-20-21-23-24-26-28-30-32-34-36-43(50)55-39-41(40-56-48-47(54)46(53)45(52)42(38-49)58-48)57-44(51)37-35-33-31-29-27-25-22-18-16-14-12-10-8-6-4-2/h6,8,12,14,18,22,41-42,45-49,52-54H,3-5,7,9-11,13,15-17,19-21,23-40H2,1-2H3. The van der Waals surface area contributed by atoms with Gasteiger partial charge in [0.05, 0.1) is 13.2 Å². The minimum absolute atomic E-state index is 0.212. The van der Waals surface area contributed by atoms with Crippen molar-refractivity contribution < 1.29 is 49.0 Å². The zero-order valence-electron chi connectivity index (χ0n) is 36.8. The van der Waals surface area contributed by atoms with Crippen LogP contribution in [0.25, 0.3) is 0 Å². The summed E-state index contributed by atoms with van der Waals surface area (Å²) in [6.45, 7) is 3.31. The van der Waals surface area contributed by atoms with E-state index in [-0.39, 0.29) is 32.0 Å². The Morgan fingerprint density at radius 1 is 0.552 bits per heavy atom. The van der Waals surface area contributed by atoms with Gasteiger partial charge in [-0.2, -0.15) is 0 Å². The van der Waals surface area contributed by atoms with Crippen molar-refractivity contribution in [1.82, 2.24) is 0 Å². The number of unbranched alkanes of at least 4 members (excludes halogenated alkanes) is 22. The maximum Gasteiger partial charge on any atom is 0.306 e. The lowest BCUT2D eigenvalue weighted by Gasteiger charge is -2.39. The van der Waals surface area contributed by atoms with Crippen LogP contribution in [-0.2, 0) is 28.5 Å². The SMILES string of the molecule is CCC=CCC=CCC=CCCCCCCCC(=O)OC(COC(=O)CCCCCCCCCCCCCCCCCCCC)COC1OC(CO)C(O)C(O)C1O. The Labute approximate surface area is 353 Å². The molecule has 0 bridgehead atoms. The van der Waals surface area contributed by atoms with E-state index in [1.54, 1.807) is 0 Å². The summed E-state index contributed by atoms with van der Waals surface area (Å²) < 4.78 is 22.2. The van der Waals surface area contributed by atoms with Crippen molar-refractivity contribution in [3.05, 3.63) is 36.5 Å². The number of carbonyl (C=O) groups excluding carboxylic acids is 2. The van der Waals surface area contributed by atoms with E-state index in [9.17, 15) is 30.0 Å². The first kappa shape index (κ1) is 53.9. The van der Waals surface area contributed by atoms with Gasteiger partial charge in [-0.1, -0.05) is 179 Å². The highest BCUT2D eigenvalue weighted by Gasteiger charge is 2.44. The maximum atomic E-state index is 12.8. The minimum Gasteiger partial charge on any atom is -0.462 e. The number of aliphatic hydroxyl groups excluding tert-OH is 4. The van der Waals surface area contributed by atoms with Crippen LogP contribution in [0.1, 0.15) is 200 Å². The highest BCUT2D eigenvalue weighted by atomic mass is 16.7. The first-order valence-corrected chi connectivity index (χ1v) is 23.6. The van der Waals surface area contributed by atoms with Gasteiger partial charge in [0.2, 0.25) is 0 Å². The van der Waals surface area contributed by atoms with Crippen LogP contribution in [0.5, 0.6) is 0 Å². The molecule has 4 N–H and O–H groups in total. The summed E-state index contributed by atoms with van der Waals surface area (Å²) in [6.07, 6.45) is 37.2. The summed E-state index contributed by atoms with van der Waals surface area (Å²) >= 11 is 0. The maximum absolute atomic E-state index is 12.8. The molecule has 10 nitrogen and oxygen atoms in total. The van der Waals surface area contributed by atoms with Gasteiger partial charge in [0, 0.05) is 12.8 Å². The predicted octanol–water partition coefficient (Wildman–Crippen LogP) is 10.3. The molecule has 1 rings (SSSR count). The van der Waals surface area contributed by atoms with Crippen molar-refractivity contribution in [1.29, 1.82) is 0 Å². The lowest BCUT2D eigenvalue weighted by molar-refractivity contribution is -0.305. The van der Waals surface area contributed by atoms with Crippen LogP contribution in [0, 0.1) is 0 Å². The third kappa shape index (κ3) is 30.0. The van der Waals surface area contributed by atoms with Gasteiger partial charge in [-0.25, -0.2) is 0 Å². The molecular weight excluding hydrogens is 737 g/mol. The molecular formula is C48H86O10. The Morgan fingerprint density at radius 3 is 1.53 bits per heavy atom. The van der Waals surface area contributed by atoms with E-state index in [0.29, 0.717) is 6.42 Å². The van der Waals surface area contributed by atoms with Crippen LogP contribution in [0.2, 0.25) is 0 Å². The quantitative estimate of drug-likeness (QED) is 0.0268. The third-order valence-corrected chi connectivity index (χ3v) is 10.8. The van der Waals surface area contributed by atoms with Gasteiger partial charge in [-0.15, -0.1) is 0 Å². The van der Waals surface area contributed by atoms with E-state index in [4.69, 9.17) is 18.9 Å². The second-order valence-electron chi connectivity index (χ2n) is 16.2. The summed E-state index contributed by atoms with van der Waals surface area (Å²) in [5.41, 5.74) is 0. The fraction of sp³-hybridized carbons (Fsp3) is 0.833. The summed E-state index contributed by atoms with van der Waals surface area (Å²) in [5, 5.41) is 40.1. The van der Waals surface area contributed by atoms with E-state index in [1.807, 2.05) is 0 Å². The summed E-state index contributed by atoms with van der Waals surface area (Å²) in [5.74, 6) is -0.820. The molecule has 0 spiro atoms. The second kappa shape index (κ2) is 39.1. The van der Waals surface area contributed by atoms with Gasteiger partial charge in [0.15, 0.2) is 12.4 Å². The van der Waals surface area contributed by atoms with Crippen molar-refractivity contribution in [2.75, 3.05) is 19.8 Å². The normalized spacial score (nSPS) is 20.4. The summed E-state index contributed by atoms with van der Waals surface area (Å²) in [7, 11) is 0. The number of rotatable bonds is 39. The smallest absolute Gasteiger partial charge is 0.306 e. The Bertz CT molecular complexity index is 1040. The number of allylic oxidation sites excluding steroid dienone is 6. The van der Waals surface area contributed by atoms with E-state index >= 15 is 0 Å². The first-order chi connectivity index (χ1) is 28.3. The zero-order valence-corrected chi connectivity index (χ0v) is 36.8. The molecule has 0 radical (unpaired) electrons. The average Bonchev–Trinajstić information content (AvgIpc) is 3.22. The molecule has 6 atom stereocenters. The van der Waals surface area contributed by atoms with Crippen LogP contribution in [-0.4, -0.2) is 89.0 Å². The lowest BCUT2D eigenvalue weighted by Crippen LogP contribution is -2.59. The number of carbonyl (C=O) groups is 2. The van der Waals surface area contributed by atoms with Crippen LogP contribution >= 0.6 is 0 Å². The molecule has 0 aromatic carbocycles. The highest BCUT2D eigenvalue weighted by molar-refractivity contribution is 5.70. The largest absolute Gasteiger partial charge is 0.462 e. The van der Waals surface area contributed by atoms with Crippen molar-refractivity contribution >= 4 is 11.9 Å². The van der Waals surface area contributed by atoms with Gasteiger partial charge in [-0.3, -0.25) is 9.59 Å². The molecule has 10 heteroatoms. The minimum atomic E-state index is -1.60. The molecule has 58 heavy (non-hydrogen) atoms. The fourth-order valence-electron chi connectivity index (χ4n) is 7.09. The molecule has 1 saturated heterocycles. The number of ether oxygens (including phenoxy) is 4. The van der Waals surface area contributed by atoms with Gasteiger partial charge in [0.25, 0.3) is 0 Å². The molecule has 0 aromatic heterocycles. The Balaban J connectivity index is 2.30. The molecule has 6 unspecified atom stereocenters. The predicted molar refractivity (Wildman–Crippen MR) is 233 cm³/mol. The monoisotopic (exact) mass is 823 g/mol. The zero-order chi connectivity index (χ0) is 42.3. The lowest BCUT2D eigenvalue weighted by atomic mass is 9.99. The van der Waals surface area contributed by atoms with E-state index in [0.717, 1.165) is 70.6 Å². The van der Waals surface area contributed by atoms with Crippen LogP contribution in [0.15, 0.2) is 36.5 Å². The average molecular weight is 823 g/mol. The second-order valence-corrected chi connectivity index (χ2v) is 16.2. The molecule has 1 aliphatic rings. The Morgan fingerprint density at radius 2 is 1.02 bits per heavy atom. The number of esters is 2. The number of hydrogen-bond acceptors (Lipinski definition) is 10. The van der Waals surface area contributed by atoms with Crippen molar-refractivity contribution in [3.63, 3.8) is 0 Å². The Kier molecular flexibility index (Phi) is 36.3. The fourth-order valence-corrected chi connectivity index (χ4v) is 7.09. The van der Waals surface area contributed by atoms with Gasteiger partial charge >= 0.3 is 11.9 Å². The van der Waals surface area contributed by atoms with Gasteiger partial charge in [0.1, 0.15) is 31.0 Å². The Hall–Kier alpha value is -2.08. The van der Waals surface area contributed by atoms with Crippen LogP contribution < -0.4 is 0 Å². The van der Waals surface area contributed by atoms with Gasteiger partial charge < -0.3 is 39.4 Å². The molecule has 338 valence electrons. The summed E-state index contributed by atoms with van der Waals surface area (Å²) in [6, 6.07) is 0. The van der Waals surface area contributed by atoms with E-state index in [1.165, 1.54) is 96.3 Å². The molecule has 0 amide bonds. The first-order valence-electron chi connectivity index (χ1n) is 23.6. The molecule has 1 fully saturated rings. The molecule has 1 aliphatic heterocycles. The van der Waals surface area contributed by atoms with Crippen LogP contribution in [0.4, 0.5) is 0 Å². The van der Waals surface area contributed by atoms with Crippen molar-refractivity contribution in [2.24, 2.45) is 0 Å². The highest BCUT2D eigenvalue weighted by Crippen LogP contribution is 2.23.